The summed E-state index contributed by atoms with van der Waals surface area (Å²) in [5.41, 5.74) is 5.68. The fourth-order valence-corrected chi connectivity index (χ4v) is 3.75. The van der Waals surface area contributed by atoms with Gasteiger partial charge in [0.25, 0.3) is 5.82 Å². The van der Waals surface area contributed by atoms with Gasteiger partial charge < -0.3 is 30.1 Å². The Kier molecular flexibility index (Phi) is 8.39. The second kappa shape index (κ2) is 11.3. The number of carboxylic acid groups (broad SMARTS) is 1. The summed E-state index contributed by atoms with van der Waals surface area (Å²) in [6, 6.07) is 4.24. The number of halogens is 2. The lowest BCUT2D eigenvalue weighted by atomic mass is 10.0. The molecule has 3 rings (SSSR count). The maximum absolute atomic E-state index is 14.1. The number of carbonyl (C=O) groups excluding carboxylic acids is 1. The number of nitrogens with two attached hydrogens (primary N) is 1. The second-order valence-electron chi connectivity index (χ2n) is 9.62. The molecule has 0 saturated carbocycles. The highest BCUT2D eigenvalue weighted by atomic mass is 19.1. The number of carboxylic acids is 1. The first kappa shape index (κ1) is 28.8. The molecule has 1 atom stereocenters. The van der Waals surface area contributed by atoms with Gasteiger partial charge in [0, 0.05) is 24.4 Å². The smallest absolute Gasteiger partial charge is 0.410 e. The van der Waals surface area contributed by atoms with Crippen LogP contribution in [0.25, 0.3) is 16.0 Å². The van der Waals surface area contributed by atoms with Crippen molar-refractivity contribution >= 4 is 23.7 Å². The third-order valence-electron chi connectivity index (χ3n) is 5.46. The molecule has 0 bridgehead atoms. The molecule has 13 heteroatoms. The predicted octanol–water partition coefficient (Wildman–Crippen LogP) is 4.91. The molecule has 39 heavy (non-hydrogen) atoms. The molecule has 0 aliphatic carbocycles. The van der Waals surface area contributed by atoms with E-state index in [-0.39, 0.29) is 35.1 Å². The molecule has 2 aromatic heterocycles. The van der Waals surface area contributed by atoms with Crippen LogP contribution in [0, 0.1) is 12.4 Å². The van der Waals surface area contributed by atoms with E-state index >= 15 is 0 Å². The summed E-state index contributed by atoms with van der Waals surface area (Å²) in [5, 5.41) is 13.8. The summed E-state index contributed by atoms with van der Waals surface area (Å²) >= 11 is 0. The molecule has 3 N–H and O–H groups in total. The van der Waals surface area contributed by atoms with Gasteiger partial charge in [-0.25, -0.2) is 28.0 Å². The number of aryl methyl sites for hydroxylation is 1. The fraction of sp³-hybridized carbons (Fsp3) is 0.346. The number of ether oxygens (including phenoxy) is 2. The molecule has 3 aromatic rings. The van der Waals surface area contributed by atoms with Crippen LogP contribution < -0.4 is 10.5 Å². The van der Waals surface area contributed by atoms with Gasteiger partial charge in [0.15, 0.2) is 17.7 Å². The molecular weight excluding hydrogens is 514 g/mol. The van der Waals surface area contributed by atoms with Crippen molar-refractivity contribution in [3.63, 3.8) is 0 Å². The number of hydrogen-bond acceptors (Lipinski definition) is 7. The number of nitrogen functional groups attached to an aromatic ring is 1. The van der Waals surface area contributed by atoms with Crippen molar-refractivity contribution in [1.29, 1.82) is 0 Å². The molecule has 11 nitrogen and oxygen atoms in total. The zero-order valence-electron chi connectivity index (χ0n) is 22.0. The fourth-order valence-electron chi connectivity index (χ4n) is 3.75. The van der Waals surface area contributed by atoms with Crippen LogP contribution in [0.5, 0.6) is 5.75 Å². The Bertz CT molecular complexity index is 1440. The van der Waals surface area contributed by atoms with Crippen molar-refractivity contribution < 1.29 is 33.0 Å². The number of hydrogen-bond donors (Lipinski definition) is 2. The zero-order chi connectivity index (χ0) is 29.1. The molecule has 0 radical (unpaired) electrons. The van der Waals surface area contributed by atoms with Crippen molar-refractivity contribution in [3.8, 4) is 16.9 Å². The number of nitrogens with zero attached hydrogens (tertiary/aromatic N) is 5. The summed E-state index contributed by atoms with van der Waals surface area (Å²) in [6.45, 7) is 11.6. The summed E-state index contributed by atoms with van der Waals surface area (Å²) in [6.07, 6.45) is -0.753. The van der Waals surface area contributed by atoms with Gasteiger partial charge in [-0.15, -0.1) is 5.10 Å². The van der Waals surface area contributed by atoms with Crippen LogP contribution in [0.3, 0.4) is 0 Å². The topological polar surface area (TPSA) is 137 Å². The summed E-state index contributed by atoms with van der Waals surface area (Å²) in [7, 11) is 3.08. The van der Waals surface area contributed by atoms with Gasteiger partial charge in [0.05, 0.1) is 19.2 Å². The minimum absolute atomic E-state index is 0.0213. The molecule has 0 spiro atoms. The van der Waals surface area contributed by atoms with Gasteiger partial charge in [-0.05, 0) is 50.6 Å². The molecule has 206 valence electrons. The van der Waals surface area contributed by atoms with Crippen molar-refractivity contribution in [3.05, 3.63) is 64.5 Å². The minimum atomic E-state index is -1.52. The SMILES string of the molecule is [C-]#[N+]c1c(-c2cnc(N)c(OC(CF)c3cc(F)ccc3C(=O)O)c2)c(CN(C)C(=O)OC(C)(C)C)nn1C. The van der Waals surface area contributed by atoms with Gasteiger partial charge in [-0.3, -0.25) is 0 Å². The summed E-state index contributed by atoms with van der Waals surface area (Å²) in [5.74, 6) is -2.30. The van der Waals surface area contributed by atoms with Crippen LogP contribution in [0.2, 0.25) is 0 Å². The van der Waals surface area contributed by atoms with Crippen LogP contribution in [0.1, 0.15) is 48.5 Å². The number of amides is 1. The quantitative estimate of drug-likeness (QED) is 0.383. The first-order chi connectivity index (χ1) is 18.2. The summed E-state index contributed by atoms with van der Waals surface area (Å²) in [4.78, 5) is 33.1. The second-order valence-corrected chi connectivity index (χ2v) is 9.62. The first-order valence-electron chi connectivity index (χ1n) is 11.6. The van der Waals surface area contributed by atoms with Crippen molar-refractivity contribution in [1.82, 2.24) is 19.7 Å². The molecule has 0 fully saturated rings. The largest absolute Gasteiger partial charge is 0.479 e. The molecule has 1 unspecified atom stereocenters. The highest BCUT2D eigenvalue weighted by molar-refractivity contribution is 5.89. The highest BCUT2D eigenvalue weighted by Gasteiger charge is 2.27. The average Bonchev–Trinajstić information content (AvgIpc) is 3.16. The lowest BCUT2D eigenvalue weighted by Crippen LogP contribution is -2.34. The van der Waals surface area contributed by atoms with E-state index in [1.807, 2.05) is 0 Å². The lowest BCUT2D eigenvalue weighted by molar-refractivity contribution is 0.0283. The number of pyridine rings is 1. The van der Waals surface area contributed by atoms with Gasteiger partial charge in [-0.2, -0.15) is 0 Å². The normalized spacial score (nSPS) is 11.9. The standard InChI is InChI=1S/C26H28F2N6O5/c1-26(2,3)39-25(37)33(5)13-18-21(23(30-4)34(6)32-18)14-9-19(22(29)31-12-14)38-20(11-27)17-10-15(28)7-8-16(17)24(35)36/h7-10,12,20H,11,13H2,1-3,5-6H3,(H2,29,31)(H,35,36). The zero-order valence-corrected chi connectivity index (χ0v) is 22.0. The van der Waals surface area contributed by atoms with Crippen molar-refractivity contribution in [2.45, 2.75) is 39.0 Å². The average molecular weight is 543 g/mol. The number of aromatic nitrogens is 3. The van der Waals surface area contributed by atoms with Crippen molar-refractivity contribution in [2.24, 2.45) is 7.05 Å². The van der Waals surface area contributed by atoms with Crippen molar-refractivity contribution in [2.75, 3.05) is 19.5 Å². The molecule has 2 heterocycles. The van der Waals surface area contributed by atoms with Crippen LogP contribution in [-0.4, -0.2) is 56.2 Å². The monoisotopic (exact) mass is 542 g/mol. The number of rotatable bonds is 8. The predicted molar refractivity (Wildman–Crippen MR) is 138 cm³/mol. The Balaban J connectivity index is 2.03. The molecule has 0 aliphatic rings. The van der Waals surface area contributed by atoms with E-state index in [1.54, 1.807) is 27.8 Å². The highest BCUT2D eigenvalue weighted by Crippen LogP contribution is 2.38. The maximum Gasteiger partial charge on any atom is 0.410 e. The molecule has 1 aromatic carbocycles. The third kappa shape index (κ3) is 6.59. The number of alkyl halides is 1. The molecule has 1 amide bonds. The van der Waals surface area contributed by atoms with E-state index < -0.39 is 36.3 Å². The van der Waals surface area contributed by atoms with Crippen LogP contribution in [-0.2, 0) is 18.3 Å². The third-order valence-corrected chi connectivity index (χ3v) is 5.46. The molecule has 0 aliphatic heterocycles. The number of aromatic carboxylic acids is 1. The van der Waals surface area contributed by atoms with Crippen LogP contribution >= 0.6 is 0 Å². The molecule has 0 saturated heterocycles. The van der Waals surface area contributed by atoms with Gasteiger partial charge in [-0.1, -0.05) is 6.57 Å². The lowest BCUT2D eigenvalue weighted by Gasteiger charge is -2.24. The Morgan fingerprint density at radius 2 is 2.00 bits per heavy atom. The van der Waals surface area contributed by atoms with Crippen LogP contribution in [0.15, 0.2) is 30.5 Å². The molecular formula is C26H28F2N6O5. The van der Waals surface area contributed by atoms with Gasteiger partial charge >= 0.3 is 12.1 Å². The van der Waals surface area contributed by atoms with E-state index in [0.29, 0.717) is 16.8 Å². The van der Waals surface area contributed by atoms with E-state index in [2.05, 4.69) is 14.9 Å². The minimum Gasteiger partial charge on any atom is -0.479 e. The Hall–Kier alpha value is -4.73. The van der Waals surface area contributed by atoms with E-state index in [0.717, 1.165) is 18.2 Å². The van der Waals surface area contributed by atoms with Crippen LogP contribution in [0.4, 0.5) is 25.2 Å². The maximum atomic E-state index is 14.1. The Morgan fingerprint density at radius 1 is 1.31 bits per heavy atom. The van der Waals surface area contributed by atoms with Gasteiger partial charge in [0.1, 0.15) is 23.8 Å². The van der Waals surface area contributed by atoms with E-state index in [4.69, 9.17) is 21.8 Å². The first-order valence-corrected chi connectivity index (χ1v) is 11.6. The Morgan fingerprint density at radius 3 is 2.59 bits per heavy atom. The number of carbonyl (C=O) groups is 2. The number of benzene rings is 1. The number of anilines is 1. The Labute approximate surface area is 223 Å². The van der Waals surface area contributed by atoms with E-state index in [1.165, 1.54) is 28.9 Å². The van der Waals surface area contributed by atoms with Gasteiger partial charge in [0.2, 0.25) is 0 Å². The van der Waals surface area contributed by atoms with E-state index in [9.17, 15) is 23.5 Å². The summed E-state index contributed by atoms with van der Waals surface area (Å²) < 4.78 is 40.4.